The van der Waals surface area contributed by atoms with Crippen LogP contribution in [0, 0.1) is 17.3 Å². The molecule has 4 aliphatic rings. The summed E-state index contributed by atoms with van der Waals surface area (Å²) in [7, 11) is -0.810. The Bertz CT molecular complexity index is 364. The molecule has 2 bridgehead atoms. The summed E-state index contributed by atoms with van der Waals surface area (Å²) in [5.41, 5.74) is -0.390. The molecule has 5 atom stereocenters. The van der Waals surface area contributed by atoms with E-state index in [2.05, 4.69) is 19.2 Å². The molecule has 20 heavy (non-hydrogen) atoms. The van der Waals surface area contributed by atoms with Crippen LogP contribution >= 0.6 is 12.4 Å². The molecule has 0 aromatic rings. The Morgan fingerprint density at radius 1 is 1.25 bits per heavy atom. The molecule has 3 saturated carbocycles. The standard InChI is InChI=1S/C14H26BNO3.ClH/c1-13(2)9-7-10(13)14(3,11(17)8-9)19-15(18)12-5-4-6-16-12;/h9-12,16-18H,4-8H2,1-3H3;1H/t9?,10?,11?,12?,14-;/m0./s1. The molecule has 3 aliphatic carbocycles. The number of fused-ring (bicyclic) bond motifs is 2. The van der Waals surface area contributed by atoms with Crippen LogP contribution < -0.4 is 5.32 Å². The van der Waals surface area contributed by atoms with Crippen LogP contribution in [0.4, 0.5) is 0 Å². The minimum atomic E-state index is -0.810. The molecule has 4 fully saturated rings. The van der Waals surface area contributed by atoms with Crippen LogP contribution in [-0.4, -0.2) is 41.4 Å². The lowest BCUT2D eigenvalue weighted by molar-refractivity contribution is -0.239. The molecule has 1 heterocycles. The first-order valence-electron chi connectivity index (χ1n) is 7.63. The van der Waals surface area contributed by atoms with E-state index in [9.17, 15) is 10.1 Å². The van der Waals surface area contributed by atoms with Crippen molar-refractivity contribution >= 4 is 19.5 Å². The summed E-state index contributed by atoms with van der Waals surface area (Å²) < 4.78 is 6.00. The van der Waals surface area contributed by atoms with Gasteiger partial charge in [0.1, 0.15) is 0 Å². The van der Waals surface area contributed by atoms with Crippen LogP contribution in [-0.2, 0) is 4.65 Å². The number of hydrogen-bond acceptors (Lipinski definition) is 4. The van der Waals surface area contributed by atoms with Gasteiger partial charge in [0, 0.05) is 5.94 Å². The SMILES string of the molecule is CC1(C)C2CC(O)[C@@](C)(OB(O)C3CCCN3)C1C2.Cl. The summed E-state index contributed by atoms with van der Waals surface area (Å²) in [5, 5.41) is 24.0. The fourth-order valence-electron chi connectivity index (χ4n) is 4.58. The zero-order chi connectivity index (χ0) is 13.8. The highest BCUT2D eigenvalue weighted by atomic mass is 35.5. The number of nitrogens with one attached hydrogen (secondary N) is 1. The number of hydrogen-bond donors (Lipinski definition) is 3. The molecule has 4 rings (SSSR count). The minimum Gasteiger partial charge on any atom is -0.426 e. The highest BCUT2D eigenvalue weighted by Crippen LogP contribution is 2.63. The average molecular weight is 304 g/mol. The predicted octanol–water partition coefficient (Wildman–Crippen LogP) is 1.38. The summed E-state index contributed by atoms with van der Waals surface area (Å²) >= 11 is 0. The molecule has 1 aliphatic heterocycles. The Kier molecular flexibility index (Phi) is 4.50. The largest absolute Gasteiger partial charge is 0.472 e. The average Bonchev–Trinajstić information content (AvgIpc) is 2.85. The monoisotopic (exact) mass is 303 g/mol. The maximum atomic E-state index is 10.4. The molecule has 0 spiro atoms. The highest BCUT2D eigenvalue weighted by molar-refractivity contribution is 6.45. The van der Waals surface area contributed by atoms with Crippen LogP contribution in [0.5, 0.6) is 0 Å². The molecular formula is C14H27BClNO3. The van der Waals surface area contributed by atoms with E-state index in [0.717, 1.165) is 32.2 Å². The van der Waals surface area contributed by atoms with Gasteiger partial charge in [-0.05, 0) is 56.4 Å². The van der Waals surface area contributed by atoms with Gasteiger partial charge >= 0.3 is 7.12 Å². The number of aliphatic hydroxyl groups excluding tert-OH is 1. The van der Waals surface area contributed by atoms with Gasteiger partial charge in [-0.1, -0.05) is 13.8 Å². The van der Waals surface area contributed by atoms with Crippen LogP contribution in [0.3, 0.4) is 0 Å². The Hall–Kier alpha value is 0.195. The third-order valence-electron chi connectivity index (χ3n) is 6.15. The van der Waals surface area contributed by atoms with E-state index in [0.29, 0.717) is 11.8 Å². The predicted molar refractivity (Wildman–Crippen MR) is 81.7 cm³/mol. The van der Waals surface area contributed by atoms with Crippen molar-refractivity contribution in [1.29, 1.82) is 0 Å². The summed E-state index contributed by atoms with van der Waals surface area (Å²) in [6, 6.07) is 0. The molecule has 0 radical (unpaired) electrons. The molecule has 6 heteroatoms. The number of rotatable bonds is 3. The Balaban J connectivity index is 0.00000147. The van der Waals surface area contributed by atoms with Crippen molar-refractivity contribution < 1.29 is 14.8 Å². The van der Waals surface area contributed by atoms with Crippen molar-refractivity contribution in [3.05, 3.63) is 0 Å². The third-order valence-corrected chi connectivity index (χ3v) is 6.15. The Labute approximate surface area is 128 Å². The summed E-state index contributed by atoms with van der Waals surface area (Å²) in [4.78, 5) is 0. The lowest BCUT2D eigenvalue weighted by Gasteiger charge is -2.66. The second-order valence-corrected chi connectivity index (χ2v) is 7.45. The van der Waals surface area contributed by atoms with Gasteiger partial charge in [-0.15, -0.1) is 12.4 Å². The summed E-state index contributed by atoms with van der Waals surface area (Å²) in [5.74, 6) is 0.959. The minimum absolute atomic E-state index is 0. The molecule has 1 saturated heterocycles. The van der Waals surface area contributed by atoms with Gasteiger partial charge in [0.25, 0.3) is 0 Å². The van der Waals surface area contributed by atoms with Crippen LogP contribution in [0.15, 0.2) is 0 Å². The zero-order valence-electron chi connectivity index (χ0n) is 12.6. The molecular weight excluding hydrogens is 276 g/mol. The molecule has 4 nitrogen and oxygen atoms in total. The second kappa shape index (κ2) is 5.43. The van der Waals surface area contributed by atoms with E-state index in [-0.39, 0.29) is 23.8 Å². The molecule has 3 N–H and O–H groups in total. The molecule has 0 aromatic heterocycles. The van der Waals surface area contributed by atoms with E-state index < -0.39 is 18.8 Å². The van der Waals surface area contributed by atoms with Gasteiger partial charge < -0.3 is 20.1 Å². The Morgan fingerprint density at radius 3 is 2.50 bits per heavy atom. The van der Waals surface area contributed by atoms with Crippen molar-refractivity contribution in [2.75, 3.05) is 6.54 Å². The lowest BCUT2D eigenvalue weighted by atomic mass is 9.43. The first kappa shape index (κ1) is 16.6. The van der Waals surface area contributed by atoms with Crippen LogP contribution in [0.25, 0.3) is 0 Å². The maximum Gasteiger partial charge on any atom is 0.472 e. The van der Waals surface area contributed by atoms with Gasteiger partial charge in [-0.3, -0.25) is 0 Å². The fraction of sp³-hybridized carbons (Fsp3) is 1.00. The molecule has 0 aromatic carbocycles. The topological polar surface area (TPSA) is 61.7 Å². The van der Waals surface area contributed by atoms with Crippen molar-refractivity contribution in [3.8, 4) is 0 Å². The molecule has 116 valence electrons. The van der Waals surface area contributed by atoms with E-state index in [4.69, 9.17) is 4.65 Å². The molecule has 0 amide bonds. The van der Waals surface area contributed by atoms with Crippen molar-refractivity contribution in [2.24, 2.45) is 17.3 Å². The first-order chi connectivity index (χ1) is 8.85. The second-order valence-electron chi connectivity index (χ2n) is 7.45. The Morgan fingerprint density at radius 2 is 1.95 bits per heavy atom. The van der Waals surface area contributed by atoms with Gasteiger partial charge in [-0.2, -0.15) is 0 Å². The van der Waals surface area contributed by atoms with Gasteiger partial charge in [0.15, 0.2) is 0 Å². The fourth-order valence-corrected chi connectivity index (χ4v) is 4.58. The highest BCUT2D eigenvalue weighted by Gasteiger charge is 2.64. The van der Waals surface area contributed by atoms with E-state index in [1.807, 2.05) is 6.92 Å². The first-order valence-corrected chi connectivity index (χ1v) is 7.63. The van der Waals surface area contributed by atoms with Gasteiger partial charge in [-0.25, -0.2) is 0 Å². The normalized spacial score (nSPS) is 45.5. The van der Waals surface area contributed by atoms with E-state index in [1.54, 1.807) is 0 Å². The van der Waals surface area contributed by atoms with Gasteiger partial charge in [0.2, 0.25) is 0 Å². The maximum absolute atomic E-state index is 10.4. The third kappa shape index (κ3) is 2.32. The van der Waals surface area contributed by atoms with E-state index in [1.165, 1.54) is 0 Å². The van der Waals surface area contributed by atoms with Crippen LogP contribution in [0.2, 0.25) is 0 Å². The van der Waals surface area contributed by atoms with Crippen molar-refractivity contribution in [1.82, 2.24) is 5.32 Å². The summed E-state index contributed by atoms with van der Waals surface area (Å²) in [6.07, 6.45) is 3.49. The van der Waals surface area contributed by atoms with Crippen molar-refractivity contribution in [2.45, 2.75) is 64.1 Å². The van der Waals surface area contributed by atoms with Crippen LogP contribution in [0.1, 0.15) is 46.5 Å². The van der Waals surface area contributed by atoms with Crippen molar-refractivity contribution in [3.63, 3.8) is 0 Å². The zero-order valence-corrected chi connectivity index (χ0v) is 13.4. The molecule has 4 unspecified atom stereocenters. The lowest BCUT2D eigenvalue weighted by Crippen LogP contribution is -2.69. The van der Waals surface area contributed by atoms with Gasteiger partial charge in [0.05, 0.1) is 11.7 Å². The quantitative estimate of drug-likeness (QED) is 0.690. The van der Waals surface area contributed by atoms with E-state index >= 15 is 0 Å². The smallest absolute Gasteiger partial charge is 0.426 e. The number of aliphatic hydroxyl groups is 1. The summed E-state index contributed by atoms with van der Waals surface area (Å²) in [6.45, 7) is 7.46. The number of halogens is 1.